The van der Waals surface area contributed by atoms with E-state index in [9.17, 15) is 4.79 Å². The monoisotopic (exact) mass is 188 g/mol. The van der Waals surface area contributed by atoms with E-state index in [1.54, 1.807) is 0 Å². The average Bonchev–Trinajstić information content (AvgIpc) is 2.02. The van der Waals surface area contributed by atoms with Gasteiger partial charge in [-0.05, 0) is 24.7 Å². The largest absolute Gasteiger partial charge is 0.466 e. The molecule has 3 nitrogen and oxygen atoms in total. The Morgan fingerprint density at radius 1 is 1.38 bits per heavy atom. The number of hydrogen-bond donors (Lipinski definition) is 1. The lowest BCUT2D eigenvalue weighted by Gasteiger charge is -2.19. The van der Waals surface area contributed by atoms with Crippen molar-refractivity contribution in [2.45, 2.75) is 33.6 Å². The van der Waals surface area contributed by atoms with Gasteiger partial charge < -0.3 is 9.84 Å². The minimum Gasteiger partial charge on any atom is -0.466 e. The number of esters is 1. The summed E-state index contributed by atoms with van der Waals surface area (Å²) in [5, 5.41) is 8.79. The van der Waals surface area contributed by atoms with Crippen molar-refractivity contribution in [1.29, 1.82) is 0 Å². The zero-order chi connectivity index (χ0) is 10.3. The van der Waals surface area contributed by atoms with Crippen LogP contribution in [-0.4, -0.2) is 24.3 Å². The van der Waals surface area contributed by atoms with Crippen LogP contribution in [-0.2, 0) is 9.53 Å². The molecule has 0 spiro atoms. The number of carbonyl (C=O) groups excluding carboxylic acids is 1. The van der Waals surface area contributed by atoms with E-state index in [0.717, 1.165) is 12.8 Å². The lowest BCUT2D eigenvalue weighted by Crippen LogP contribution is -2.14. The first-order chi connectivity index (χ1) is 6.07. The Balaban J connectivity index is 3.62. The molecule has 78 valence electrons. The lowest BCUT2D eigenvalue weighted by molar-refractivity contribution is -0.141. The van der Waals surface area contributed by atoms with Crippen molar-refractivity contribution in [1.82, 2.24) is 0 Å². The minimum absolute atomic E-state index is 0.211. The highest BCUT2D eigenvalue weighted by Crippen LogP contribution is 2.18. The summed E-state index contributed by atoms with van der Waals surface area (Å²) in [7, 11) is 0. The second kappa shape index (κ2) is 6.89. The molecule has 0 saturated heterocycles. The fourth-order valence-electron chi connectivity index (χ4n) is 1.33. The standard InChI is InChI=1S/C10H20O3/c1-8(2)10(4-6-11)5-7-13-9(3)12/h8,10-11H,4-7H2,1-3H3/t10-/m1/s1. The number of carbonyl (C=O) groups is 1. The summed E-state index contributed by atoms with van der Waals surface area (Å²) < 4.78 is 4.85. The van der Waals surface area contributed by atoms with Crippen LogP contribution in [0.4, 0.5) is 0 Å². The van der Waals surface area contributed by atoms with Gasteiger partial charge in [0, 0.05) is 13.5 Å². The zero-order valence-corrected chi connectivity index (χ0v) is 8.75. The van der Waals surface area contributed by atoms with Gasteiger partial charge in [-0.2, -0.15) is 0 Å². The molecule has 0 aliphatic rings. The topological polar surface area (TPSA) is 46.5 Å². The molecule has 13 heavy (non-hydrogen) atoms. The summed E-state index contributed by atoms with van der Waals surface area (Å²) in [4.78, 5) is 10.5. The summed E-state index contributed by atoms with van der Waals surface area (Å²) in [6, 6.07) is 0. The van der Waals surface area contributed by atoms with Gasteiger partial charge in [-0.25, -0.2) is 0 Å². The van der Waals surface area contributed by atoms with Gasteiger partial charge in [0.2, 0.25) is 0 Å². The van der Waals surface area contributed by atoms with Gasteiger partial charge >= 0.3 is 5.97 Å². The molecule has 0 radical (unpaired) electrons. The first-order valence-corrected chi connectivity index (χ1v) is 4.82. The normalized spacial score (nSPS) is 13.0. The van der Waals surface area contributed by atoms with Crippen LogP contribution in [0.3, 0.4) is 0 Å². The molecule has 0 bridgehead atoms. The summed E-state index contributed by atoms with van der Waals surface area (Å²) in [5.41, 5.74) is 0. The van der Waals surface area contributed by atoms with E-state index < -0.39 is 0 Å². The van der Waals surface area contributed by atoms with Gasteiger partial charge in [-0.15, -0.1) is 0 Å². The van der Waals surface area contributed by atoms with Gasteiger partial charge in [-0.3, -0.25) is 4.79 Å². The molecule has 1 N–H and O–H groups in total. The van der Waals surface area contributed by atoms with Crippen molar-refractivity contribution in [2.24, 2.45) is 11.8 Å². The zero-order valence-electron chi connectivity index (χ0n) is 8.75. The van der Waals surface area contributed by atoms with Crippen LogP contribution in [0.15, 0.2) is 0 Å². The van der Waals surface area contributed by atoms with E-state index >= 15 is 0 Å². The molecule has 0 aliphatic heterocycles. The van der Waals surface area contributed by atoms with Gasteiger partial charge in [-0.1, -0.05) is 13.8 Å². The van der Waals surface area contributed by atoms with E-state index in [-0.39, 0.29) is 12.6 Å². The maximum Gasteiger partial charge on any atom is 0.302 e. The third-order valence-electron chi connectivity index (χ3n) is 2.24. The van der Waals surface area contributed by atoms with Crippen molar-refractivity contribution >= 4 is 5.97 Å². The smallest absolute Gasteiger partial charge is 0.302 e. The van der Waals surface area contributed by atoms with Crippen molar-refractivity contribution < 1.29 is 14.6 Å². The number of aliphatic hydroxyl groups is 1. The van der Waals surface area contributed by atoms with Crippen molar-refractivity contribution in [3.8, 4) is 0 Å². The van der Waals surface area contributed by atoms with Crippen LogP contribution in [0.1, 0.15) is 33.6 Å². The molecule has 0 aromatic rings. The maximum atomic E-state index is 10.5. The summed E-state index contributed by atoms with van der Waals surface area (Å²) >= 11 is 0. The fraction of sp³-hybridized carbons (Fsp3) is 0.900. The van der Waals surface area contributed by atoms with Crippen LogP contribution < -0.4 is 0 Å². The SMILES string of the molecule is CC(=O)OCC[C@@H](CCO)C(C)C. The van der Waals surface area contributed by atoms with E-state index in [1.807, 2.05) is 0 Å². The number of aliphatic hydroxyl groups excluding tert-OH is 1. The van der Waals surface area contributed by atoms with Crippen LogP contribution >= 0.6 is 0 Å². The second-order valence-electron chi connectivity index (χ2n) is 3.65. The van der Waals surface area contributed by atoms with Crippen molar-refractivity contribution in [3.63, 3.8) is 0 Å². The van der Waals surface area contributed by atoms with Gasteiger partial charge in [0.1, 0.15) is 0 Å². The molecule has 0 rings (SSSR count). The van der Waals surface area contributed by atoms with Crippen LogP contribution in [0.25, 0.3) is 0 Å². The third kappa shape index (κ3) is 6.58. The lowest BCUT2D eigenvalue weighted by atomic mass is 9.90. The van der Waals surface area contributed by atoms with E-state index in [2.05, 4.69) is 13.8 Å². The third-order valence-corrected chi connectivity index (χ3v) is 2.24. The molecule has 0 saturated carbocycles. The van der Waals surface area contributed by atoms with E-state index in [0.29, 0.717) is 18.4 Å². The van der Waals surface area contributed by atoms with E-state index in [4.69, 9.17) is 9.84 Å². The molecule has 0 fully saturated rings. The summed E-state index contributed by atoms with van der Waals surface area (Å²) in [6.07, 6.45) is 1.64. The molecule has 0 aromatic carbocycles. The molecule has 3 heteroatoms. The highest BCUT2D eigenvalue weighted by Gasteiger charge is 2.12. The Morgan fingerprint density at radius 2 is 2.00 bits per heavy atom. The second-order valence-corrected chi connectivity index (χ2v) is 3.65. The van der Waals surface area contributed by atoms with Gasteiger partial charge in [0.15, 0.2) is 0 Å². The van der Waals surface area contributed by atoms with Crippen molar-refractivity contribution in [2.75, 3.05) is 13.2 Å². The highest BCUT2D eigenvalue weighted by atomic mass is 16.5. The molecular formula is C10H20O3. The van der Waals surface area contributed by atoms with E-state index in [1.165, 1.54) is 6.92 Å². The molecular weight excluding hydrogens is 168 g/mol. The first-order valence-electron chi connectivity index (χ1n) is 4.82. The van der Waals surface area contributed by atoms with Crippen LogP contribution in [0.5, 0.6) is 0 Å². The van der Waals surface area contributed by atoms with Gasteiger partial charge in [0.25, 0.3) is 0 Å². The van der Waals surface area contributed by atoms with Crippen molar-refractivity contribution in [3.05, 3.63) is 0 Å². The molecule has 0 heterocycles. The highest BCUT2D eigenvalue weighted by molar-refractivity contribution is 5.65. The maximum absolute atomic E-state index is 10.5. The summed E-state index contributed by atoms with van der Waals surface area (Å²) in [6.45, 7) is 6.33. The predicted octanol–water partition coefficient (Wildman–Crippen LogP) is 1.59. The number of rotatable bonds is 6. The Hall–Kier alpha value is -0.570. The van der Waals surface area contributed by atoms with Crippen LogP contribution in [0.2, 0.25) is 0 Å². The molecule has 0 aromatic heterocycles. The minimum atomic E-state index is -0.230. The quantitative estimate of drug-likeness (QED) is 0.644. The Bertz CT molecular complexity index is 143. The summed E-state index contributed by atoms with van der Waals surface area (Å²) in [5.74, 6) is 0.749. The molecule has 0 amide bonds. The first kappa shape index (κ1) is 12.4. The van der Waals surface area contributed by atoms with Gasteiger partial charge in [0.05, 0.1) is 6.61 Å². The Kier molecular flexibility index (Phi) is 6.59. The number of hydrogen-bond acceptors (Lipinski definition) is 3. The number of ether oxygens (including phenoxy) is 1. The molecule has 0 unspecified atom stereocenters. The fourth-order valence-corrected chi connectivity index (χ4v) is 1.33. The molecule has 0 aliphatic carbocycles. The Morgan fingerprint density at radius 3 is 2.38 bits per heavy atom. The van der Waals surface area contributed by atoms with Crippen LogP contribution in [0, 0.1) is 11.8 Å². The average molecular weight is 188 g/mol. The predicted molar refractivity (Wildman–Crippen MR) is 51.3 cm³/mol. The molecule has 1 atom stereocenters. The Labute approximate surface area is 80.1 Å².